The first-order valence-corrected chi connectivity index (χ1v) is 8.13. The lowest BCUT2D eigenvalue weighted by molar-refractivity contribution is -0.742. The highest BCUT2D eigenvalue weighted by Crippen LogP contribution is 2.62. The van der Waals surface area contributed by atoms with Gasteiger partial charge in [0.1, 0.15) is 6.54 Å². The van der Waals surface area contributed by atoms with Crippen molar-refractivity contribution in [3.8, 4) is 0 Å². The first kappa shape index (κ1) is 26.5. The van der Waals surface area contributed by atoms with E-state index in [1.165, 1.54) is 6.92 Å². The van der Waals surface area contributed by atoms with E-state index in [0.29, 0.717) is 6.08 Å². The molecule has 0 aromatic rings. The van der Waals surface area contributed by atoms with Crippen LogP contribution in [-0.2, 0) is 4.79 Å². The van der Waals surface area contributed by atoms with Gasteiger partial charge in [0.15, 0.2) is 0 Å². The van der Waals surface area contributed by atoms with Crippen LogP contribution in [0.25, 0.3) is 0 Å². The highest BCUT2D eigenvalue weighted by Gasteiger charge is 2.94. The summed E-state index contributed by atoms with van der Waals surface area (Å²) in [6.07, 6.45) is -6.96. The molecule has 0 bridgehead atoms. The molecule has 1 aliphatic rings. The maximum Gasteiger partial charge on any atom is 0.460 e. The Morgan fingerprint density at radius 1 is 0.867 bits per heavy atom. The number of amides is 1. The minimum atomic E-state index is -7.94. The smallest absolute Gasteiger partial charge is 0.239 e. The van der Waals surface area contributed by atoms with Crippen molar-refractivity contribution in [3.63, 3.8) is 0 Å². The molecule has 2 atom stereocenters. The highest BCUT2D eigenvalue weighted by molar-refractivity contribution is 5.82. The number of nitrogens with zero attached hydrogens (tertiary/aromatic N) is 1. The molecule has 1 amide bonds. The van der Waals surface area contributed by atoms with E-state index in [4.69, 9.17) is 0 Å². The molecule has 0 aromatic carbocycles. The Labute approximate surface area is 160 Å². The highest BCUT2D eigenvalue weighted by atomic mass is 19.4. The number of alkyl halides is 13. The number of hydrogen-bond donors (Lipinski definition) is 0. The van der Waals surface area contributed by atoms with Crippen molar-refractivity contribution in [2.24, 2.45) is 0 Å². The molecule has 0 aliphatic carbocycles. The van der Waals surface area contributed by atoms with Crippen LogP contribution < -0.4 is 0 Å². The largest absolute Gasteiger partial charge is 0.460 e. The number of rotatable bonds is 9. The third-order valence-corrected chi connectivity index (χ3v) is 4.86. The average Bonchev–Trinajstić information content (AvgIpc) is 3.34. The second-order valence-corrected chi connectivity index (χ2v) is 6.77. The van der Waals surface area contributed by atoms with Gasteiger partial charge in [-0.1, -0.05) is 19.9 Å². The van der Waals surface area contributed by atoms with E-state index in [1.54, 1.807) is 0 Å². The zero-order chi connectivity index (χ0) is 24.2. The van der Waals surface area contributed by atoms with E-state index >= 15 is 0 Å². The normalized spacial score (nSPS) is 24.0. The molecule has 0 saturated carbocycles. The second-order valence-electron chi connectivity index (χ2n) is 6.77. The van der Waals surface area contributed by atoms with Crippen molar-refractivity contribution in [1.29, 1.82) is 0 Å². The number of carbonyl (C=O) groups excluding carboxylic acids is 1. The SMILES string of the molecule is C=CC(=O)[N+]1(CCCC)CC1C(F)(F)C(F)(F)C(F)(F)C(F)(F)C(F)(F)C(F)(F)F. The lowest BCUT2D eigenvalue weighted by Gasteiger charge is -2.39. The van der Waals surface area contributed by atoms with Crippen LogP contribution in [0.3, 0.4) is 0 Å². The van der Waals surface area contributed by atoms with E-state index in [2.05, 4.69) is 6.58 Å². The third-order valence-electron chi connectivity index (χ3n) is 4.86. The van der Waals surface area contributed by atoms with Crippen LogP contribution in [0.1, 0.15) is 19.8 Å². The van der Waals surface area contributed by atoms with Crippen LogP contribution in [0, 0.1) is 0 Å². The van der Waals surface area contributed by atoms with Crippen molar-refractivity contribution in [1.82, 2.24) is 0 Å². The number of unbranched alkanes of at least 4 members (excludes halogenated alkanes) is 1. The van der Waals surface area contributed by atoms with Crippen LogP contribution in [0.5, 0.6) is 0 Å². The Bertz CT molecular complexity index is 685. The Kier molecular flexibility index (Phi) is 6.41. The van der Waals surface area contributed by atoms with Gasteiger partial charge < -0.3 is 0 Å². The summed E-state index contributed by atoms with van der Waals surface area (Å²) in [4.78, 5) is 11.8. The molecule has 1 aliphatic heterocycles. The molecular weight excluding hydrogens is 457 g/mol. The summed E-state index contributed by atoms with van der Waals surface area (Å²) in [5, 5.41) is 0. The molecule has 176 valence electrons. The standard InChI is InChI=1S/C15H15F13NO/c1-3-5-6-29(9(30)4-2)7-8(29)10(16,17)11(18,19)12(20,21)13(22,23)14(24,25)15(26,27)28/h4,8H,2-3,5-7H2,1H3/q+1. The van der Waals surface area contributed by atoms with E-state index in [1.807, 2.05) is 0 Å². The predicted octanol–water partition coefficient (Wildman–Crippen LogP) is 5.44. The lowest BCUT2D eigenvalue weighted by Crippen LogP contribution is -2.71. The van der Waals surface area contributed by atoms with Gasteiger partial charge >= 0.3 is 41.7 Å². The van der Waals surface area contributed by atoms with Crippen molar-refractivity contribution < 1.29 is 66.4 Å². The minimum absolute atomic E-state index is 0.0869. The summed E-state index contributed by atoms with van der Waals surface area (Å²) in [5.41, 5.74) is 0. The van der Waals surface area contributed by atoms with Gasteiger partial charge in [-0.25, -0.2) is 9.28 Å². The monoisotopic (exact) mass is 472 g/mol. The van der Waals surface area contributed by atoms with Gasteiger partial charge in [0.05, 0.1) is 6.54 Å². The van der Waals surface area contributed by atoms with Gasteiger partial charge in [-0.3, -0.25) is 0 Å². The predicted molar refractivity (Wildman–Crippen MR) is 74.7 cm³/mol. The van der Waals surface area contributed by atoms with Gasteiger partial charge in [0, 0.05) is 6.08 Å². The first-order chi connectivity index (χ1) is 13.1. The summed E-state index contributed by atoms with van der Waals surface area (Å²) in [5.74, 6) is -38.5. The summed E-state index contributed by atoms with van der Waals surface area (Å²) < 4.78 is 170. The maximum atomic E-state index is 14.2. The van der Waals surface area contributed by atoms with Crippen LogP contribution in [-0.4, -0.2) is 65.3 Å². The third kappa shape index (κ3) is 3.36. The van der Waals surface area contributed by atoms with Crippen LogP contribution in [0.15, 0.2) is 12.7 Å². The van der Waals surface area contributed by atoms with Gasteiger partial charge in [0.2, 0.25) is 6.04 Å². The summed E-state index contributed by atoms with van der Waals surface area (Å²) in [7, 11) is 0. The fraction of sp³-hybridized carbons (Fsp3) is 0.800. The Morgan fingerprint density at radius 3 is 1.67 bits per heavy atom. The van der Waals surface area contributed by atoms with Crippen LogP contribution in [0.4, 0.5) is 57.1 Å². The molecule has 1 heterocycles. The molecule has 1 saturated heterocycles. The molecule has 30 heavy (non-hydrogen) atoms. The molecule has 1 rings (SSSR count). The van der Waals surface area contributed by atoms with E-state index in [0.717, 1.165) is 0 Å². The fourth-order valence-electron chi connectivity index (χ4n) is 2.90. The quantitative estimate of drug-likeness (QED) is 0.189. The van der Waals surface area contributed by atoms with Gasteiger partial charge in [-0.15, -0.1) is 0 Å². The number of hydrogen-bond acceptors (Lipinski definition) is 1. The average molecular weight is 472 g/mol. The van der Waals surface area contributed by atoms with Gasteiger partial charge in [0.25, 0.3) is 0 Å². The Hall–Kier alpha value is -1.54. The van der Waals surface area contributed by atoms with Crippen molar-refractivity contribution >= 4 is 5.91 Å². The Balaban J connectivity index is 3.47. The fourth-order valence-corrected chi connectivity index (χ4v) is 2.90. The lowest BCUT2D eigenvalue weighted by atomic mass is 9.92. The van der Waals surface area contributed by atoms with Crippen molar-refractivity contribution in [2.45, 2.75) is 61.6 Å². The molecule has 2 nitrogen and oxygen atoms in total. The molecule has 2 unspecified atom stereocenters. The van der Waals surface area contributed by atoms with Crippen LogP contribution >= 0.6 is 0 Å². The summed E-state index contributed by atoms with van der Waals surface area (Å²) >= 11 is 0. The number of carbonyl (C=O) groups is 1. The van der Waals surface area contributed by atoms with E-state index in [-0.39, 0.29) is 12.8 Å². The van der Waals surface area contributed by atoms with Gasteiger partial charge in [-0.2, -0.15) is 57.1 Å². The second kappa shape index (κ2) is 7.26. The maximum absolute atomic E-state index is 14.2. The van der Waals surface area contributed by atoms with E-state index < -0.39 is 65.3 Å². The molecule has 0 aromatic heterocycles. The summed E-state index contributed by atoms with van der Waals surface area (Å²) in [6, 6.07) is -3.06. The molecular formula is C15H15F13NO+. The van der Waals surface area contributed by atoms with E-state index in [9.17, 15) is 61.9 Å². The zero-order valence-electron chi connectivity index (χ0n) is 15.0. The zero-order valence-corrected chi connectivity index (χ0v) is 15.0. The minimum Gasteiger partial charge on any atom is -0.239 e. The first-order valence-electron chi connectivity index (χ1n) is 8.13. The number of quaternary nitrogens is 1. The molecule has 1 fully saturated rings. The Morgan fingerprint density at radius 2 is 1.30 bits per heavy atom. The molecule has 15 heteroatoms. The number of halogens is 13. The summed E-state index contributed by atoms with van der Waals surface area (Å²) in [6.45, 7) is 2.49. The molecule has 0 radical (unpaired) electrons. The molecule has 0 N–H and O–H groups in total. The van der Waals surface area contributed by atoms with Crippen LogP contribution in [0.2, 0.25) is 0 Å². The molecule has 0 spiro atoms. The van der Waals surface area contributed by atoms with Crippen molar-refractivity contribution in [2.75, 3.05) is 13.1 Å². The van der Waals surface area contributed by atoms with Crippen molar-refractivity contribution in [3.05, 3.63) is 12.7 Å². The van der Waals surface area contributed by atoms with Gasteiger partial charge in [-0.05, 0) is 6.42 Å². The topological polar surface area (TPSA) is 17.1 Å².